The molecule has 19 heavy (non-hydrogen) atoms. The van der Waals surface area contributed by atoms with E-state index in [9.17, 15) is 4.39 Å². The first-order chi connectivity index (χ1) is 9.13. The van der Waals surface area contributed by atoms with Gasteiger partial charge in [0.25, 0.3) is 0 Å². The topological polar surface area (TPSA) is 35.2 Å². The number of methoxy groups -OCH3 is 1. The van der Waals surface area contributed by atoms with Crippen molar-refractivity contribution in [3.63, 3.8) is 0 Å². The predicted octanol–water partition coefficient (Wildman–Crippen LogP) is 3.73. The van der Waals surface area contributed by atoms with E-state index >= 15 is 0 Å². The summed E-state index contributed by atoms with van der Waals surface area (Å²) in [5.74, 6) is 0.298. The fourth-order valence-electron chi connectivity index (χ4n) is 2.03. The molecule has 0 bridgehead atoms. The Bertz CT molecular complexity index is 574. The molecule has 0 fully saturated rings. The lowest BCUT2D eigenvalue weighted by Crippen LogP contribution is -2.15. The van der Waals surface area contributed by atoms with Gasteiger partial charge in [0.2, 0.25) is 0 Å². The molecule has 0 radical (unpaired) electrons. The molecule has 0 aliphatic rings. The quantitative estimate of drug-likeness (QED) is 0.925. The second kappa shape index (κ2) is 6.04. The van der Waals surface area contributed by atoms with Crippen molar-refractivity contribution in [3.05, 3.63) is 64.4 Å². The largest absolute Gasteiger partial charge is 0.496 e. The third-order valence-electron chi connectivity index (χ3n) is 3.01. The van der Waals surface area contributed by atoms with Crippen LogP contribution in [0.5, 0.6) is 5.75 Å². The van der Waals surface area contributed by atoms with E-state index in [2.05, 4.69) is 0 Å². The molecule has 2 N–H and O–H groups in total. The molecule has 0 aliphatic carbocycles. The molecule has 0 heterocycles. The van der Waals surface area contributed by atoms with Crippen LogP contribution in [0.25, 0.3) is 0 Å². The molecule has 2 aromatic carbocycles. The minimum atomic E-state index is -0.463. The van der Waals surface area contributed by atoms with Gasteiger partial charge >= 0.3 is 0 Å². The van der Waals surface area contributed by atoms with Gasteiger partial charge in [-0.15, -0.1) is 0 Å². The molecule has 100 valence electrons. The number of para-hydroxylation sites is 1. The number of nitrogens with two attached hydrogens (primary N) is 1. The first-order valence-electron chi connectivity index (χ1n) is 5.95. The molecular weight excluding hydrogens is 265 g/mol. The number of ether oxygens (including phenoxy) is 1. The van der Waals surface area contributed by atoms with Gasteiger partial charge in [0.05, 0.1) is 12.1 Å². The maximum atomic E-state index is 13.9. The van der Waals surface area contributed by atoms with Crippen LogP contribution in [-0.2, 0) is 6.42 Å². The summed E-state index contributed by atoms with van der Waals surface area (Å²) in [4.78, 5) is 0. The minimum absolute atomic E-state index is 0.0907. The molecule has 0 spiro atoms. The van der Waals surface area contributed by atoms with Crippen LogP contribution in [-0.4, -0.2) is 7.11 Å². The summed E-state index contributed by atoms with van der Waals surface area (Å²) in [5.41, 5.74) is 7.42. The second-order valence-electron chi connectivity index (χ2n) is 4.27. The van der Waals surface area contributed by atoms with Crippen LogP contribution in [0, 0.1) is 5.82 Å². The van der Waals surface area contributed by atoms with Gasteiger partial charge < -0.3 is 10.5 Å². The summed E-state index contributed by atoms with van der Waals surface area (Å²) in [6.45, 7) is 0. The van der Waals surface area contributed by atoms with Crippen LogP contribution in [0.15, 0.2) is 42.5 Å². The Kier molecular flexibility index (Phi) is 4.40. The van der Waals surface area contributed by atoms with Crippen molar-refractivity contribution in [3.8, 4) is 5.75 Å². The molecule has 2 aromatic rings. The first kappa shape index (κ1) is 13.8. The standard InChI is InChI=1S/C15H15ClFNO/c1-19-14-8-3-2-5-10(14)9-13(18)11-6-4-7-12(16)15(11)17/h2-8,13H,9,18H2,1H3. The van der Waals surface area contributed by atoms with Crippen molar-refractivity contribution in [1.82, 2.24) is 0 Å². The normalized spacial score (nSPS) is 12.2. The Hall–Kier alpha value is -1.58. The SMILES string of the molecule is COc1ccccc1CC(N)c1cccc(Cl)c1F. The first-order valence-corrected chi connectivity index (χ1v) is 6.32. The Morgan fingerprint density at radius 2 is 1.95 bits per heavy atom. The van der Waals surface area contributed by atoms with E-state index in [-0.39, 0.29) is 5.02 Å². The number of halogens is 2. The van der Waals surface area contributed by atoms with Gasteiger partial charge in [-0.05, 0) is 24.1 Å². The molecular formula is C15H15ClFNO. The lowest BCUT2D eigenvalue weighted by atomic mass is 9.98. The van der Waals surface area contributed by atoms with Crippen molar-refractivity contribution < 1.29 is 9.13 Å². The third kappa shape index (κ3) is 3.06. The van der Waals surface area contributed by atoms with Gasteiger partial charge in [0.1, 0.15) is 11.6 Å². The van der Waals surface area contributed by atoms with Gasteiger partial charge in [0, 0.05) is 11.6 Å². The molecule has 2 rings (SSSR count). The summed E-state index contributed by atoms with van der Waals surface area (Å²) < 4.78 is 19.2. The highest BCUT2D eigenvalue weighted by Gasteiger charge is 2.15. The monoisotopic (exact) mass is 279 g/mol. The zero-order valence-corrected chi connectivity index (χ0v) is 11.3. The van der Waals surface area contributed by atoms with Crippen LogP contribution in [0.4, 0.5) is 4.39 Å². The zero-order chi connectivity index (χ0) is 13.8. The third-order valence-corrected chi connectivity index (χ3v) is 3.31. The van der Waals surface area contributed by atoms with Crippen molar-refractivity contribution >= 4 is 11.6 Å². The minimum Gasteiger partial charge on any atom is -0.496 e. The van der Waals surface area contributed by atoms with Gasteiger partial charge in [0.15, 0.2) is 0 Å². The van der Waals surface area contributed by atoms with Crippen LogP contribution >= 0.6 is 11.6 Å². The van der Waals surface area contributed by atoms with Crippen LogP contribution in [0.2, 0.25) is 5.02 Å². The number of hydrogen-bond acceptors (Lipinski definition) is 2. The van der Waals surface area contributed by atoms with Crippen LogP contribution in [0.1, 0.15) is 17.2 Å². The lowest BCUT2D eigenvalue weighted by Gasteiger charge is -2.15. The van der Waals surface area contributed by atoms with E-state index in [1.165, 1.54) is 6.07 Å². The smallest absolute Gasteiger partial charge is 0.146 e. The fourth-order valence-corrected chi connectivity index (χ4v) is 2.21. The van der Waals surface area contributed by atoms with Crippen LogP contribution in [0.3, 0.4) is 0 Å². The number of hydrogen-bond donors (Lipinski definition) is 1. The van der Waals surface area contributed by atoms with Crippen molar-refractivity contribution in [2.75, 3.05) is 7.11 Å². The Morgan fingerprint density at radius 3 is 2.68 bits per heavy atom. The average molecular weight is 280 g/mol. The second-order valence-corrected chi connectivity index (χ2v) is 4.67. The summed E-state index contributed by atoms with van der Waals surface area (Å²) >= 11 is 5.76. The fraction of sp³-hybridized carbons (Fsp3) is 0.200. The van der Waals surface area contributed by atoms with Gasteiger partial charge in [-0.3, -0.25) is 0 Å². The zero-order valence-electron chi connectivity index (χ0n) is 10.6. The van der Waals surface area contributed by atoms with Crippen molar-refractivity contribution in [2.45, 2.75) is 12.5 Å². The Labute approximate surface area is 117 Å². The van der Waals surface area contributed by atoms with Gasteiger partial charge in [-0.1, -0.05) is 41.9 Å². The highest BCUT2D eigenvalue weighted by atomic mass is 35.5. The lowest BCUT2D eigenvalue weighted by molar-refractivity contribution is 0.408. The number of benzene rings is 2. The average Bonchev–Trinajstić information content (AvgIpc) is 2.42. The molecule has 1 atom stereocenters. The summed E-state index contributed by atoms with van der Waals surface area (Å²) in [6.07, 6.45) is 0.487. The van der Waals surface area contributed by atoms with E-state index in [0.29, 0.717) is 12.0 Å². The molecule has 0 aliphatic heterocycles. The molecule has 2 nitrogen and oxygen atoms in total. The highest BCUT2D eigenvalue weighted by molar-refractivity contribution is 6.30. The Morgan fingerprint density at radius 1 is 1.21 bits per heavy atom. The highest BCUT2D eigenvalue weighted by Crippen LogP contribution is 2.27. The van der Waals surface area contributed by atoms with E-state index in [1.807, 2.05) is 24.3 Å². The predicted molar refractivity (Wildman–Crippen MR) is 75.0 cm³/mol. The summed E-state index contributed by atoms with van der Waals surface area (Å²) in [7, 11) is 1.60. The summed E-state index contributed by atoms with van der Waals surface area (Å²) in [5, 5.41) is 0.0907. The molecule has 0 saturated carbocycles. The summed E-state index contributed by atoms with van der Waals surface area (Å²) in [6, 6.07) is 12.0. The molecule has 0 saturated heterocycles. The van der Waals surface area contributed by atoms with Gasteiger partial charge in [-0.2, -0.15) is 0 Å². The maximum Gasteiger partial charge on any atom is 0.146 e. The van der Waals surface area contributed by atoms with E-state index in [0.717, 1.165) is 11.3 Å². The van der Waals surface area contributed by atoms with Gasteiger partial charge in [-0.25, -0.2) is 4.39 Å². The van der Waals surface area contributed by atoms with Crippen molar-refractivity contribution in [2.24, 2.45) is 5.73 Å². The van der Waals surface area contributed by atoms with E-state index < -0.39 is 11.9 Å². The molecule has 0 amide bonds. The van der Waals surface area contributed by atoms with Crippen molar-refractivity contribution in [1.29, 1.82) is 0 Å². The van der Waals surface area contributed by atoms with Crippen LogP contribution < -0.4 is 10.5 Å². The molecule has 0 aromatic heterocycles. The van der Waals surface area contributed by atoms with E-state index in [1.54, 1.807) is 19.2 Å². The Balaban J connectivity index is 2.26. The maximum absolute atomic E-state index is 13.9. The molecule has 1 unspecified atom stereocenters. The van der Waals surface area contributed by atoms with E-state index in [4.69, 9.17) is 22.1 Å². The molecule has 4 heteroatoms. The number of rotatable bonds is 4.